The van der Waals surface area contributed by atoms with Gasteiger partial charge in [-0.2, -0.15) is 0 Å². The predicted octanol–water partition coefficient (Wildman–Crippen LogP) is -1.65. The number of aldehydes is 1. The van der Waals surface area contributed by atoms with Crippen LogP contribution in [0.5, 0.6) is 0 Å². The topological polar surface area (TPSA) is 54.4 Å². The Labute approximate surface area is 64.3 Å². The molecule has 0 spiro atoms. The van der Waals surface area contributed by atoms with E-state index in [-0.39, 0.29) is 44.0 Å². The van der Waals surface area contributed by atoms with Crippen molar-refractivity contribution in [1.29, 1.82) is 0 Å². The molecule has 0 rings (SSSR count). The fraction of sp³-hybridized carbons (Fsp3) is 0. The second-order valence-corrected chi connectivity index (χ2v) is 0.456. The number of carbonyl (C=O) groups excluding carboxylic acids is 1. The molecule has 0 aliphatic rings. The molecule has 0 saturated carbocycles. The Kier molecular flexibility index (Phi) is 8.68. The molecule has 0 aliphatic carbocycles. The first-order chi connectivity index (χ1) is 2.27. The zero-order chi connectivity index (χ0) is 4.28. The van der Waals surface area contributed by atoms with E-state index in [1.807, 2.05) is 0 Å². The standard InChI is InChI=1S/C2H2O3.Ca.2H/c3-1-2(4)5;;;/h1H,(H,4,5);;;. The maximum atomic E-state index is 9.00. The number of rotatable bonds is 1. The first-order valence-corrected chi connectivity index (χ1v) is 0.952. The van der Waals surface area contributed by atoms with Gasteiger partial charge < -0.3 is 5.11 Å². The average Bonchev–Trinajstić information content (AvgIpc) is 1.38. The van der Waals surface area contributed by atoms with Gasteiger partial charge in [0.25, 0.3) is 0 Å². The predicted molar refractivity (Wildman–Crippen MR) is 22.2 cm³/mol. The fourth-order valence-electron chi connectivity index (χ4n) is 0. The number of hydrogen-bond donors (Lipinski definition) is 1. The van der Waals surface area contributed by atoms with Crippen molar-refractivity contribution in [3.8, 4) is 0 Å². The quantitative estimate of drug-likeness (QED) is 0.254. The Balaban J connectivity index is 0. The van der Waals surface area contributed by atoms with Crippen LogP contribution in [-0.4, -0.2) is 55.1 Å². The molecular weight excluding hydrogens is 112 g/mol. The van der Waals surface area contributed by atoms with Crippen LogP contribution < -0.4 is 0 Å². The zero-order valence-electron chi connectivity index (χ0n) is 2.34. The summed E-state index contributed by atoms with van der Waals surface area (Å²) >= 11 is 0. The number of hydrogen-bond acceptors (Lipinski definition) is 2. The van der Waals surface area contributed by atoms with Crippen molar-refractivity contribution in [2.75, 3.05) is 0 Å². The molecule has 4 heteroatoms. The fourth-order valence-corrected chi connectivity index (χ4v) is 0. The third-order valence-corrected chi connectivity index (χ3v) is 0.101. The minimum absolute atomic E-state index is 0. The summed E-state index contributed by atoms with van der Waals surface area (Å²) in [7, 11) is 0. The van der Waals surface area contributed by atoms with Crippen LogP contribution >= 0.6 is 0 Å². The third kappa shape index (κ3) is 8.83. The molecule has 0 saturated heterocycles. The Bertz CT molecular complexity index is 59.8. The SMILES string of the molecule is O=CC(=O)O.[CaH2]. The van der Waals surface area contributed by atoms with Crippen molar-refractivity contribution in [3.63, 3.8) is 0 Å². The van der Waals surface area contributed by atoms with Crippen LogP contribution in [0.4, 0.5) is 0 Å². The summed E-state index contributed by atoms with van der Waals surface area (Å²) in [5, 5.41) is 7.35. The molecule has 0 amide bonds. The van der Waals surface area contributed by atoms with Crippen LogP contribution in [0, 0.1) is 0 Å². The van der Waals surface area contributed by atoms with Gasteiger partial charge in [0.15, 0.2) is 0 Å². The molecule has 0 atom stereocenters. The summed E-state index contributed by atoms with van der Waals surface area (Å²) in [4.78, 5) is 17.9. The van der Waals surface area contributed by atoms with E-state index in [0.29, 0.717) is 0 Å². The summed E-state index contributed by atoms with van der Waals surface area (Å²) in [5.74, 6) is -1.43. The summed E-state index contributed by atoms with van der Waals surface area (Å²) in [6.45, 7) is 0. The molecule has 0 aromatic heterocycles. The van der Waals surface area contributed by atoms with E-state index in [1.54, 1.807) is 0 Å². The maximum absolute atomic E-state index is 9.00. The second-order valence-electron chi connectivity index (χ2n) is 0.456. The molecule has 0 aliphatic heterocycles. The zero-order valence-corrected chi connectivity index (χ0v) is 2.34. The van der Waals surface area contributed by atoms with Gasteiger partial charge in [0.2, 0.25) is 6.29 Å². The average molecular weight is 116 g/mol. The van der Waals surface area contributed by atoms with Crippen molar-refractivity contribution in [1.82, 2.24) is 0 Å². The van der Waals surface area contributed by atoms with E-state index >= 15 is 0 Å². The van der Waals surface area contributed by atoms with E-state index < -0.39 is 5.97 Å². The van der Waals surface area contributed by atoms with Crippen LogP contribution in [0.1, 0.15) is 0 Å². The Morgan fingerprint density at radius 2 is 1.83 bits per heavy atom. The van der Waals surface area contributed by atoms with Crippen molar-refractivity contribution in [2.45, 2.75) is 0 Å². The second kappa shape index (κ2) is 5.40. The number of carboxylic acids is 1. The van der Waals surface area contributed by atoms with Crippen LogP contribution in [0.2, 0.25) is 0 Å². The molecule has 0 heterocycles. The van der Waals surface area contributed by atoms with Gasteiger partial charge in [-0.1, -0.05) is 0 Å². The van der Waals surface area contributed by atoms with Crippen molar-refractivity contribution in [3.05, 3.63) is 0 Å². The summed E-state index contributed by atoms with van der Waals surface area (Å²) in [6.07, 6.45) is -0.167. The molecule has 32 valence electrons. The summed E-state index contributed by atoms with van der Waals surface area (Å²) in [5.41, 5.74) is 0. The number of carboxylic acid groups (broad SMARTS) is 1. The molecule has 1 N–H and O–H groups in total. The monoisotopic (exact) mass is 116 g/mol. The molecule has 0 unspecified atom stereocenters. The number of aliphatic carboxylic acids is 1. The molecule has 6 heavy (non-hydrogen) atoms. The van der Waals surface area contributed by atoms with Gasteiger partial charge in [-0.25, -0.2) is 4.79 Å². The van der Waals surface area contributed by atoms with E-state index in [9.17, 15) is 0 Å². The summed E-state index contributed by atoms with van der Waals surface area (Å²) < 4.78 is 0. The van der Waals surface area contributed by atoms with Crippen LogP contribution in [0.3, 0.4) is 0 Å². The van der Waals surface area contributed by atoms with Gasteiger partial charge >= 0.3 is 43.7 Å². The van der Waals surface area contributed by atoms with Gasteiger partial charge in [0, 0.05) is 0 Å². The van der Waals surface area contributed by atoms with E-state index in [2.05, 4.69) is 0 Å². The molecule has 0 aromatic rings. The van der Waals surface area contributed by atoms with Gasteiger partial charge in [0.05, 0.1) is 0 Å². The molecule has 0 fully saturated rings. The number of carbonyl (C=O) groups is 2. The van der Waals surface area contributed by atoms with Crippen molar-refractivity contribution in [2.24, 2.45) is 0 Å². The molecular formula is C2H4CaO3. The van der Waals surface area contributed by atoms with Gasteiger partial charge in [0.1, 0.15) is 0 Å². The van der Waals surface area contributed by atoms with Gasteiger partial charge in [-0.05, 0) is 0 Å². The van der Waals surface area contributed by atoms with E-state index in [0.717, 1.165) is 0 Å². The Morgan fingerprint density at radius 3 is 1.83 bits per heavy atom. The first-order valence-electron chi connectivity index (χ1n) is 0.952. The van der Waals surface area contributed by atoms with Gasteiger partial charge in [-0.3, -0.25) is 4.79 Å². The molecule has 0 aromatic carbocycles. The van der Waals surface area contributed by atoms with Crippen LogP contribution in [0.25, 0.3) is 0 Å². The molecule has 0 bridgehead atoms. The van der Waals surface area contributed by atoms with Gasteiger partial charge in [-0.15, -0.1) is 0 Å². The minimum atomic E-state index is -1.43. The first kappa shape index (κ1) is 9.64. The van der Waals surface area contributed by atoms with Crippen molar-refractivity contribution >= 4 is 50.0 Å². The van der Waals surface area contributed by atoms with E-state index in [4.69, 9.17) is 14.7 Å². The normalized spacial score (nSPS) is 5.33. The third-order valence-electron chi connectivity index (χ3n) is 0.101. The van der Waals surface area contributed by atoms with E-state index in [1.165, 1.54) is 0 Å². The molecule has 3 nitrogen and oxygen atoms in total. The van der Waals surface area contributed by atoms with Crippen LogP contribution in [-0.2, 0) is 9.59 Å². The summed E-state index contributed by atoms with van der Waals surface area (Å²) in [6, 6.07) is 0. The Hall–Kier alpha value is 0.400. The van der Waals surface area contributed by atoms with Crippen LogP contribution in [0.15, 0.2) is 0 Å². The Morgan fingerprint density at radius 1 is 1.67 bits per heavy atom. The molecule has 0 radical (unpaired) electrons. The van der Waals surface area contributed by atoms with Crippen molar-refractivity contribution < 1.29 is 14.7 Å².